The fraction of sp³-hybridized carbons (Fsp3) is 0.438. The minimum absolute atomic E-state index is 0.00404. The number of carbonyl (C=O) groups is 1. The first-order valence-electron chi connectivity index (χ1n) is 14.5. The topological polar surface area (TPSA) is 109 Å². The highest BCUT2D eigenvalue weighted by Gasteiger charge is 2.37. The largest absolute Gasteiger partial charge is 0.416 e. The maximum Gasteiger partial charge on any atom is 0.416 e. The van der Waals surface area contributed by atoms with Crippen molar-refractivity contribution in [3.8, 4) is 6.07 Å². The van der Waals surface area contributed by atoms with Gasteiger partial charge in [-0.25, -0.2) is 4.98 Å². The Morgan fingerprint density at radius 3 is 2.55 bits per heavy atom. The lowest BCUT2D eigenvalue weighted by molar-refractivity contribution is -0.138. The second-order valence-electron chi connectivity index (χ2n) is 10.8. The van der Waals surface area contributed by atoms with Crippen molar-refractivity contribution in [3.05, 3.63) is 89.0 Å². The fourth-order valence-corrected chi connectivity index (χ4v) is 5.30. The third kappa shape index (κ3) is 9.61. The number of alkyl halides is 3. The molecule has 0 fully saturated rings. The summed E-state index contributed by atoms with van der Waals surface area (Å²) >= 11 is 5.65. The highest BCUT2D eigenvalue weighted by atomic mass is 32.1. The highest BCUT2D eigenvalue weighted by molar-refractivity contribution is 7.80. The molecule has 3 N–H and O–H groups in total. The Bertz CT molecular complexity index is 1420. The summed E-state index contributed by atoms with van der Waals surface area (Å²) in [4.78, 5) is 19.6. The van der Waals surface area contributed by atoms with Gasteiger partial charge in [0.2, 0.25) is 0 Å². The van der Waals surface area contributed by atoms with E-state index in [9.17, 15) is 18.0 Å². The van der Waals surface area contributed by atoms with Gasteiger partial charge >= 0.3 is 6.18 Å². The number of Topliss-reactive ketones (excluding diaryl/α,β-unsaturated/α-hetero) is 1. The van der Waals surface area contributed by atoms with Gasteiger partial charge in [0, 0.05) is 51.2 Å². The molecule has 0 saturated heterocycles. The number of nitrogens with one attached hydrogen (secondary N) is 1. The maximum absolute atomic E-state index is 13.9. The number of carbonyl (C=O) groups excluding carboxylic acids is 1. The molecule has 8 nitrogen and oxygen atoms in total. The SMILES string of the molecule is CCOCCCNC(=S)N(Cc1ccccc1C(F)(F)F)C(N)[C@@H](C(=O)Cc1cncn1Cc1ccc(C#N)cc1)C(C)C. The van der Waals surface area contributed by atoms with Crippen LogP contribution >= 0.6 is 12.2 Å². The first-order valence-corrected chi connectivity index (χ1v) is 14.9. The summed E-state index contributed by atoms with van der Waals surface area (Å²) in [6, 6.07) is 14.5. The van der Waals surface area contributed by atoms with Crippen LogP contribution in [0.3, 0.4) is 0 Å². The number of imidazole rings is 1. The summed E-state index contributed by atoms with van der Waals surface area (Å²) in [5.41, 5.74) is 8.14. The van der Waals surface area contributed by atoms with E-state index in [1.807, 2.05) is 37.5 Å². The summed E-state index contributed by atoms with van der Waals surface area (Å²) in [5, 5.41) is 12.3. The smallest absolute Gasteiger partial charge is 0.382 e. The Labute approximate surface area is 262 Å². The predicted octanol–water partition coefficient (Wildman–Crippen LogP) is 5.29. The number of aromatic nitrogens is 2. The molecule has 0 bridgehead atoms. The second kappa shape index (κ2) is 16.3. The lowest BCUT2D eigenvalue weighted by Gasteiger charge is -2.38. The number of ketones is 1. The van der Waals surface area contributed by atoms with Gasteiger partial charge in [-0.1, -0.05) is 44.2 Å². The fourth-order valence-electron chi connectivity index (χ4n) is 5.01. The van der Waals surface area contributed by atoms with E-state index in [4.69, 9.17) is 28.0 Å². The highest BCUT2D eigenvalue weighted by Crippen LogP contribution is 2.33. The Balaban J connectivity index is 1.86. The third-order valence-corrected chi connectivity index (χ3v) is 7.66. The van der Waals surface area contributed by atoms with E-state index in [2.05, 4.69) is 16.4 Å². The molecule has 0 radical (unpaired) electrons. The first-order chi connectivity index (χ1) is 21.0. The molecule has 44 heavy (non-hydrogen) atoms. The van der Waals surface area contributed by atoms with E-state index in [-0.39, 0.29) is 35.3 Å². The quantitative estimate of drug-likeness (QED) is 0.133. The summed E-state index contributed by atoms with van der Waals surface area (Å²) in [6.45, 7) is 7.31. The van der Waals surface area contributed by atoms with E-state index in [0.29, 0.717) is 44.0 Å². The molecule has 2 aromatic carbocycles. The molecule has 0 amide bonds. The lowest BCUT2D eigenvalue weighted by atomic mass is 9.86. The number of nitriles is 1. The number of hydrogen-bond donors (Lipinski definition) is 2. The van der Waals surface area contributed by atoms with Crippen molar-refractivity contribution >= 4 is 23.1 Å². The minimum atomic E-state index is -4.57. The number of rotatable bonds is 15. The summed E-state index contributed by atoms with van der Waals surface area (Å²) in [7, 11) is 0. The summed E-state index contributed by atoms with van der Waals surface area (Å²) < 4.78 is 48.9. The summed E-state index contributed by atoms with van der Waals surface area (Å²) in [6.07, 6.45) is -1.68. The van der Waals surface area contributed by atoms with Crippen molar-refractivity contribution in [2.75, 3.05) is 19.8 Å². The molecular formula is C32H39F3N6O2S. The molecule has 0 aliphatic carbocycles. The maximum atomic E-state index is 13.9. The zero-order valence-electron chi connectivity index (χ0n) is 25.2. The molecule has 0 aliphatic rings. The zero-order chi connectivity index (χ0) is 32.3. The van der Waals surface area contributed by atoms with E-state index in [0.717, 1.165) is 11.6 Å². The van der Waals surface area contributed by atoms with E-state index >= 15 is 0 Å². The second-order valence-corrected chi connectivity index (χ2v) is 11.2. The van der Waals surface area contributed by atoms with Crippen LogP contribution in [0.2, 0.25) is 0 Å². The summed E-state index contributed by atoms with van der Waals surface area (Å²) in [5.74, 6) is -1.18. The number of benzene rings is 2. The van der Waals surface area contributed by atoms with Crippen molar-refractivity contribution in [3.63, 3.8) is 0 Å². The van der Waals surface area contributed by atoms with E-state index < -0.39 is 23.8 Å². The molecule has 0 saturated carbocycles. The van der Waals surface area contributed by atoms with Crippen molar-refractivity contribution in [2.45, 2.75) is 59.0 Å². The van der Waals surface area contributed by atoms with Gasteiger partial charge in [0.1, 0.15) is 5.78 Å². The van der Waals surface area contributed by atoms with Gasteiger partial charge in [0.25, 0.3) is 0 Å². The van der Waals surface area contributed by atoms with Crippen LogP contribution in [0.15, 0.2) is 61.1 Å². The van der Waals surface area contributed by atoms with E-state index in [1.165, 1.54) is 23.1 Å². The van der Waals surface area contributed by atoms with Crippen LogP contribution in [0, 0.1) is 23.2 Å². The molecule has 236 valence electrons. The Kier molecular flexibility index (Phi) is 12.9. The van der Waals surface area contributed by atoms with Crippen LogP contribution in [0.25, 0.3) is 0 Å². The molecule has 2 atom stereocenters. The van der Waals surface area contributed by atoms with Gasteiger partial charge in [0.05, 0.1) is 35.6 Å². The predicted molar refractivity (Wildman–Crippen MR) is 166 cm³/mol. The molecule has 12 heteroatoms. The average molecular weight is 629 g/mol. The van der Waals surface area contributed by atoms with E-state index in [1.54, 1.807) is 24.7 Å². The Morgan fingerprint density at radius 2 is 1.91 bits per heavy atom. The normalized spacial score (nSPS) is 12.9. The molecular weight excluding hydrogens is 589 g/mol. The Hall–Kier alpha value is -3.79. The van der Waals surface area contributed by atoms with Crippen molar-refractivity contribution in [1.82, 2.24) is 19.8 Å². The molecule has 0 spiro atoms. The van der Waals surface area contributed by atoms with Crippen LogP contribution in [0.1, 0.15) is 55.1 Å². The molecule has 0 aliphatic heterocycles. The van der Waals surface area contributed by atoms with Crippen molar-refractivity contribution in [2.24, 2.45) is 17.6 Å². The first kappa shape index (κ1) is 34.7. The number of thiocarbonyl (C=S) groups is 1. The van der Waals surface area contributed by atoms with Crippen LogP contribution in [-0.2, 0) is 35.2 Å². The molecule has 3 aromatic rings. The van der Waals surface area contributed by atoms with Gasteiger partial charge < -0.3 is 25.3 Å². The van der Waals surface area contributed by atoms with Gasteiger partial charge in [-0.3, -0.25) is 4.79 Å². The third-order valence-electron chi connectivity index (χ3n) is 7.28. The van der Waals surface area contributed by atoms with Gasteiger partial charge in [-0.05, 0) is 60.8 Å². The Morgan fingerprint density at radius 1 is 1.20 bits per heavy atom. The van der Waals surface area contributed by atoms with Gasteiger partial charge in [0.15, 0.2) is 5.11 Å². The monoisotopic (exact) mass is 628 g/mol. The van der Waals surface area contributed by atoms with Crippen LogP contribution in [0.5, 0.6) is 0 Å². The average Bonchev–Trinajstić information content (AvgIpc) is 3.41. The molecule has 1 heterocycles. The minimum Gasteiger partial charge on any atom is -0.382 e. The van der Waals surface area contributed by atoms with Crippen molar-refractivity contribution < 1.29 is 22.7 Å². The van der Waals surface area contributed by atoms with Crippen LogP contribution < -0.4 is 11.1 Å². The molecule has 1 unspecified atom stereocenters. The van der Waals surface area contributed by atoms with Gasteiger partial charge in [-0.15, -0.1) is 0 Å². The van der Waals surface area contributed by atoms with Crippen LogP contribution in [-0.4, -0.2) is 51.3 Å². The number of nitrogens with two attached hydrogens (primary N) is 1. The van der Waals surface area contributed by atoms with Crippen LogP contribution in [0.4, 0.5) is 13.2 Å². The number of ether oxygens (including phenoxy) is 1. The standard InChI is InChI=1S/C32H39F3N6O2S/c1-4-43-15-7-14-39-31(44)41(20-25-8-5-6-9-27(25)32(33,34)35)30(37)29(22(2)3)28(42)16-26-18-38-21-40(26)19-24-12-10-23(17-36)11-13-24/h5-6,8-13,18,21-22,29-30H,4,7,14-16,19-20,37H2,1-3H3,(H,39,44)/t29-,30?/m1/s1. The zero-order valence-corrected chi connectivity index (χ0v) is 26.0. The lowest BCUT2D eigenvalue weighted by Crippen LogP contribution is -2.56. The number of nitrogens with zero attached hydrogens (tertiary/aromatic N) is 4. The number of hydrogen-bond acceptors (Lipinski definition) is 6. The van der Waals surface area contributed by atoms with Gasteiger partial charge in [-0.2, -0.15) is 18.4 Å². The van der Waals surface area contributed by atoms with Crippen molar-refractivity contribution in [1.29, 1.82) is 5.26 Å². The molecule has 1 aromatic heterocycles. The number of halogens is 3. The molecule has 3 rings (SSSR count).